The van der Waals surface area contributed by atoms with Gasteiger partial charge in [-0.15, -0.1) is 18.3 Å². The average molecular weight is 541 g/mol. The van der Waals surface area contributed by atoms with Gasteiger partial charge < -0.3 is 10.1 Å². The fourth-order valence-corrected chi connectivity index (χ4v) is 4.21. The molecule has 0 aliphatic rings. The molecule has 2 heterocycles. The highest BCUT2D eigenvalue weighted by Gasteiger charge is 2.31. The van der Waals surface area contributed by atoms with E-state index in [0.29, 0.717) is 26.6 Å². The van der Waals surface area contributed by atoms with Crippen molar-refractivity contribution < 1.29 is 22.7 Å². The highest BCUT2D eigenvalue weighted by molar-refractivity contribution is 7.98. The van der Waals surface area contributed by atoms with Crippen LogP contribution in [0.2, 0.25) is 10.0 Å². The Kier molecular flexibility index (Phi) is 7.43. The summed E-state index contributed by atoms with van der Waals surface area (Å²) in [6.45, 7) is 0. The summed E-state index contributed by atoms with van der Waals surface area (Å²) in [5.41, 5.74) is 1.10. The first-order chi connectivity index (χ1) is 16.7. The number of carbonyl (C=O) groups is 1. The fourth-order valence-electron chi connectivity index (χ4n) is 2.90. The zero-order valence-corrected chi connectivity index (χ0v) is 19.7. The van der Waals surface area contributed by atoms with Crippen molar-refractivity contribution in [2.24, 2.45) is 0 Å². The Hall–Kier alpha value is -3.35. The van der Waals surface area contributed by atoms with Crippen LogP contribution in [-0.4, -0.2) is 37.2 Å². The van der Waals surface area contributed by atoms with Gasteiger partial charge in [0.25, 0.3) is 5.91 Å². The molecule has 1 amide bonds. The van der Waals surface area contributed by atoms with Gasteiger partial charge in [-0.05, 0) is 48.5 Å². The number of hydrogen-bond donors (Lipinski definition) is 1. The lowest BCUT2D eigenvalue weighted by Crippen LogP contribution is -2.17. The van der Waals surface area contributed by atoms with Gasteiger partial charge in [0.05, 0.1) is 11.4 Å². The molecule has 180 valence electrons. The number of anilines is 1. The monoisotopic (exact) mass is 540 g/mol. The second-order valence-corrected chi connectivity index (χ2v) is 8.59. The van der Waals surface area contributed by atoms with Crippen molar-refractivity contribution in [3.8, 4) is 11.4 Å². The number of halogens is 5. The van der Waals surface area contributed by atoms with Gasteiger partial charge in [-0.25, -0.2) is 14.6 Å². The maximum Gasteiger partial charge on any atom is 0.573 e. The van der Waals surface area contributed by atoms with E-state index in [-0.39, 0.29) is 17.1 Å². The molecule has 0 atom stereocenters. The van der Waals surface area contributed by atoms with Gasteiger partial charge in [-0.1, -0.05) is 40.2 Å². The van der Waals surface area contributed by atoms with Crippen molar-refractivity contribution in [1.29, 1.82) is 0 Å². The maximum atomic E-state index is 13.0. The quantitative estimate of drug-likeness (QED) is 0.233. The van der Waals surface area contributed by atoms with Crippen LogP contribution in [0.15, 0.2) is 66.1 Å². The smallest absolute Gasteiger partial charge is 0.406 e. The second kappa shape index (κ2) is 10.5. The first-order valence-corrected chi connectivity index (χ1v) is 11.4. The summed E-state index contributed by atoms with van der Waals surface area (Å²) in [5.74, 6) is -0.833. The number of rotatable bonds is 7. The third-order valence-corrected chi connectivity index (χ3v) is 5.62. The standard InChI is InChI=1S/C21H13Cl2F3N6O2S/c22-12-8-13(23)10-15(9-12)32-17(11-35-20-27-6-1-7-28-20)18(30-31-32)19(33)29-14-2-4-16(5-3-14)34-21(24,25)26/h1-10H,11H2,(H,29,33). The van der Waals surface area contributed by atoms with Crippen LogP contribution in [0.1, 0.15) is 16.2 Å². The number of nitrogens with one attached hydrogen (secondary N) is 1. The van der Waals surface area contributed by atoms with E-state index in [4.69, 9.17) is 23.2 Å². The largest absolute Gasteiger partial charge is 0.573 e. The summed E-state index contributed by atoms with van der Waals surface area (Å²) >= 11 is 13.5. The van der Waals surface area contributed by atoms with Crippen LogP contribution in [0.5, 0.6) is 5.75 Å². The minimum atomic E-state index is -4.82. The zero-order valence-electron chi connectivity index (χ0n) is 17.3. The molecule has 0 unspecified atom stereocenters. The molecule has 1 N–H and O–H groups in total. The van der Waals surface area contributed by atoms with Gasteiger partial charge in [0.1, 0.15) is 5.75 Å². The predicted octanol–water partition coefficient (Wildman–Crippen LogP) is 5.81. The molecule has 4 rings (SSSR count). The summed E-state index contributed by atoms with van der Waals surface area (Å²) in [7, 11) is 0. The molecule has 0 aliphatic carbocycles. The van der Waals surface area contributed by atoms with Gasteiger partial charge >= 0.3 is 6.36 Å². The summed E-state index contributed by atoms with van der Waals surface area (Å²) in [6.07, 6.45) is -1.65. The molecule has 0 saturated heterocycles. The van der Waals surface area contributed by atoms with Crippen LogP contribution in [0.3, 0.4) is 0 Å². The molecule has 2 aromatic heterocycles. The van der Waals surface area contributed by atoms with Gasteiger partial charge in [0, 0.05) is 33.9 Å². The number of alkyl halides is 3. The van der Waals surface area contributed by atoms with E-state index in [1.165, 1.54) is 28.6 Å². The molecule has 0 bridgehead atoms. The Morgan fingerprint density at radius 2 is 1.71 bits per heavy atom. The number of hydrogen-bond acceptors (Lipinski definition) is 7. The summed E-state index contributed by atoms with van der Waals surface area (Å²) in [4.78, 5) is 21.3. The molecule has 0 spiro atoms. The van der Waals surface area contributed by atoms with Gasteiger partial charge in [-0.2, -0.15) is 0 Å². The van der Waals surface area contributed by atoms with Crippen molar-refractivity contribution in [1.82, 2.24) is 25.0 Å². The lowest BCUT2D eigenvalue weighted by Gasteiger charge is -2.10. The molecule has 0 fully saturated rings. The number of nitrogens with zero attached hydrogens (tertiary/aromatic N) is 5. The second-order valence-electron chi connectivity index (χ2n) is 6.77. The van der Waals surface area contributed by atoms with Crippen LogP contribution >= 0.6 is 35.0 Å². The van der Waals surface area contributed by atoms with Crippen LogP contribution in [0.4, 0.5) is 18.9 Å². The minimum absolute atomic E-state index is 0.0138. The highest BCUT2D eigenvalue weighted by atomic mass is 35.5. The van der Waals surface area contributed by atoms with Crippen LogP contribution in [0, 0.1) is 0 Å². The van der Waals surface area contributed by atoms with Crippen molar-refractivity contribution in [3.05, 3.63) is 82.4 Å². The van der Waals surface area contributed by atoms with Crippen LogP contribution < -0.4 is 10.1 Å². The topological polar surface area (TPSA) is 94.8 Å². The number of aromatic nitrogens is 5. The molecule has 8 nitrogen and oxygen atoms in total. The van der Waals surface area contributed by atoms with E-state index < -0.39 is 18.0 Å². The van der Waals surface area contributed by atoms with E-state index in [1.807, 2.05) is 0 Å². The molecule has 2 aromatic carbocycles. The number of benzene rings is 2. The number of ether oxygens (including phenoxy) is 1. The third kappa shape index (κ3) is 6.62. The molecular formula is C21H13Cl2F3N6O2S. The average Bonchev–Trinajstić information content (AvgIpc) is 3.22. The van der Waals surface area contributed by atoms with E-state index >= 15 is 0 Å². The van der Waals surface area contributed by atoms with Crippen molar-refractivity contribution >= 4 is 46.6 Å². The van der Waals surface area contributed by atoms with Crippen molar-refractivity contribution in [2.45, 2.75) is 17.3 Å². The summed E-state index contributed by atoms with van der Waals surface area (Å²) in [6, 6.07) is 11.1. The zero-order chi connectivity index (χ0) is 25.0. The first-order valence-electron chi connectivity index (χ1n) is 9.66. The van der Waals surface area contributed by atoms with Crippen molar-refractivity contribution in [3.63, 3.8) is 0 Å². The highest BCUT2D eigenvalue weighted by Crippen LogP contribution is 2.28. The maximum absolute atomic E-state index is 13.0. The number of thioether (sulfide) groups is 1. The molecule has 0 aliphatic heterocycles. The summed E-state index contributed by atoms with van der Waals surface area (Å²) in [5, 5.41) is 11.9. The van der Waals surface area contributed by atoms with Gasteiger partial charge in [0.2, 0.25) is 0 Å². The predicted molar refractivity (Wildman–Crippen MR) is 124 cm³/mol. The molecule has 14 heteroatoms. The van der Waals surface area contributed by atoms with E-state index in [1.54, 1.807) is 36.7 Å². The molecule has 4 aromatic rings. The van der Waals surface area contributed by atoms with Crippen LogP contribution in [0.25, 0.3) is 5.69 Å². The molecule has 0 saturated carbocycles. The first kappa shape index (κ1) is 24.8. The lowest BCUT2D eigenvalue weighted by molar-refractivity contribution is -0.274. The van der Waals surface area contributed by atoms with Crippen LogP contribution in [-0.2, 0) is 5.75 Å². The Labute approximate surface area is 210 Å². The molecular weight excluding hydrogens is 528 g/mol. The normalized spacial score (nSPS) is 11.3. The summed E-state index contributed by atoms with van der Waals surface area (Å²) < 4.78 is 42.4. The van der Waals surface area contributed by atoms with E-state index in [0.717, 1.165) is 12.1 Å². The molecule has 35 heavy (non-hydrogen) atoms. The van der Waals surface area contributed by atoms with E-state index in [9.17, 15) is 18.0 Å². The van der Waals surface area contributed by atoms with E-state index in [2.05, 4.69) is 30.3 Å². The minimum Gasteiger partial charge on any atom is -0.406 e. The van der Waals surface area contributed by atoms with Gasteiger partial charge in [0.15, 0.2) is 10.9 Å². The fraction of sp³-hybridized carbons (Fsp3) is 0.0952. The van der Waals surface area contributed by atoms with Crippen molar-refractivity contribution in [2.75, 3.05) is 5.32 Å². The Bertz CT molecular complexity index is 1320. The lowest BCUT2D eigenvalue weighted by atomic mass is 10.2. The Morgan fingerprint density at radius 1 is 1.06 bits per heavy atom. The Balaban J connectivity index is 1.61. The number of carbonyl (C=O) groups excluding carboxylic acids is 1. The van der Waals surface area contributed by atoms with Gasteiger partial charge in [-0.3, -0.25) is 4.79 Å². The third-order valence-electron chi connectivity index (χ3n) is 4.30. The Morgan fingerprint density at radius 3 is 2.34 bits per heavy atom. The number of amides is 1. The SMILES string of the molecule is O=C(Nc1ccc(OC(F)(F)F)cc1)c1nnn(-c2cc(Cl)cc(Cl)c2)c1CSc1ncccn1. The molecule has 0 radical (unpaired) electrons.